The molecule has 0 radical (unpaired) electrons. The number of pyridine rings is 1. The Morgan fingerprint density at radius 3 is 3.03 bits per heavy atom. The van der Waals surface area contributed by atoms with Gasteiger partial charge in [-0.1, -0.05) is 24.3 Å². The molecule has 182 valence electrons. The Balaban J connectivity index is 1.01. The molecular formula is C26H30N6O2S. The van der Waals surface area contributed by atoms with E-state index in [9.17, 15) is 4.79 Å². The molecule has 8 nitrogen and oxygen atoms in total. The number of para-hydroxylation sites is 1. The van der Waals surface area contributed by atoms with Crippen molar-refractivity contribution in [2.24, 2.45) is 0 Å². The number of hydrogen-bond acceptors (Lipinski definition) is 7. The number of rotatable bonds is 5. The van der Waals surface area contributed by atoms with Gasteiger partial charge in [0.05, 0.1) is 11.4 Å². The summed E-state index contributed by atoms with van der Waals surface area (Å²) in [6.45, 7) is 5.14. The summed E-state index contributed by atoms with van der Waals surface area (Å²) in [4.78, 5) is 21.6. The number of benzene rings is 1. The first-order valence-corrected chi connectivity index (χ1v) is 13.2. The minimum absolute atomic E-state index is 0.0986. The van der Waals surface area contributed by atoms with Gasteiger partial charge in [0.15, 0.2) is 6.23 Å². The van der Waals surface area contributed by atoms with Gasteiger partial charge >= 0.3 is 6.09 Å². The van der Waals surface area contributed by atoms with E-state index in [0.29, 0.717) is 12.6 Å². The smallest absolute Gasteiger partial charge is 0.408 e. The third kappa shape index (κ3) is 4.76. The Bertz CT molecular complexity index is 1170. The second kappa shape index (κ2) is 9.93. The first kappa shape index (κ1) is 22.5. The highest BCUT2D eigenvalue weighted by Gasteiger charge is 2.33. The molecule has 3 aromatic rings. The van der Waals surface area contributed by atoms with Crippen molar-refractivity contribution in [2.45, 2.75) is 24.2 Å². The number of nitrogens with one attached hydrogen (secondary N) is 2. The summed E-state index contributed by atoms with van der Waals surface area (Å²) in [6.07, 6.45) is 5.12. The van der Waals surface area contributed by atoms with Crippen LogP contribution in [0.15, 0.2) is 67.1 Å². The molecule has 2 saturated heterocycles. The zero-order valence-corrected chi connectivity index (χ0v) is 20.4. The van der Waals surface area contributed by atoms with Crippen molar-refractivity contribution >= 4 is 23.5 Å². The third-order valence-electron chi connectivity index (χ3n) is 7.00. The number of aromatic nitrogens is 2. The first-order chi connectivity index (χ1) is 17.2. The Morgan fingerprint density at radius 1 is 1.17 bits per heavy atom. The predicted molar refractivity (Wildman–Crippen MR) is 137 cm³/mol. The van der Waals surface area contributed by atoms with Gasteiger partial charge < -0.3 is 19.5 Å². The van der Waals surface area contributed by atoms with E-state index in [0.717, 1.165) is 44.0 Å². The molecule has 0 bridgehead atoms. The first-order valence-electron chi connectivity index (χ1n) is 12.2. The predicted octanol–water partition coefficient (Wildman–Crippen LogP) is 3.20. The number of hydrogen-bond donors (Lipinski definition) is 2. The largest absolute Gasteiger partial charge is 0.429 e. The number of piperazine rings is 1. The van der Waals surface area contributed by atoms with Gasteiger partial charge in [-0.3, -0.25) is 15.2 Å². The lowest BCUT2D eigenvalue weighted by molar-refractivity contribution is 0.0927. The van der Waals surface area contributed by atoms with E-state index in [1.54, 1.807) is 18.0 Å². The minimum Gasteiger partial charge on any atom is -0.429 e. The summed E-state index contributed by atoms with van der Waals surface area (Å²) in [5.74, 6) is 0.720. The molecule has 5 heterocycles. The fraction of sp³-hybridized carbons (Fsp3) is 0.385. The monoisotopic (exact) mass is 490 g/mol. The van der Waals surface area contributed by atoms with Crippen LogP contribution in [0.5, 0.6) is 0 Å². The van der Waals surface area contributed by atoms with Crippen LogP contribution in [0.4, 0.5) is 10.5 Å². The number of ether oxygens (including phenoxy) is 1. The average Bonchev–Trinajstić information content (AvgIpc) is 3.52. The van der Waals surface area contributed by atoms with Gasteiger partial charge in [0.1, 0.15) is 0 Å². The van der Waals surface area contributed by atoms with E-state index in [1.807, 2.05) is 18.3 Å². The molecule has 0 aliphatic carbocycles. The van der Waals surface area contributed by atoms with Gasteiger partial charge in [-0.25, -0.2) is 4.79 Å². The average molecular weight is 491 g/mol. The maximum atomic E-state index is 12.4. The summed E-state index contributed by atoms with van der Waals surface area (Å²) < 4.78 is 7.97. The van der Waals surface area contributed by atoms with E-state index < -0.39 is 0 Å². The van der Waals surface area contributed by atoms with Crippen molar-refractivity contribution in [1.29, 1.82) is 0 Å². The number of thioether (sulfide) groups is 1. The number of fused-ring (bicyclic) bond motifs is 5. The Morgan fingerprint density at radius 2 is 2.11 bits per heavy atom. The Hall–Kier alpha value is -3.01. The van der Waals surface area contributed by atoms with Crippen molar-refractivity contribution in [1.82, 2.24) is 25.1 Å². The van der Waals surface area contributed by atoms with Crippen LogP contribution in [0.3, 0.4) is 0 Å². The lowest BCUT2D eigenvalue weighted by Crippen LogP contribution is -2.50. The summed E-state index contributed by atoms with van der Waals surface area (Å²) in [5, 5.41) is 6.39. The molecule has 2 aromatic heterocycles. The van der Waals surface area contributed by atoms with Crippen molar-refractivity contribution in [3.05, 3.63) is 83.9 Å². The maximum absolute atomic E-state index is 12.4. The Labute approximate surface area is 209 Å². The summed E-state index contributed by atoms with van der Waals surface area (Å²) in [7, 11) is 0. The zero-order chi connectivity index (χ0) is 23.6. The lowest BCUT2D eigenvalue weighted by atomic mass is 10.1. The minimum atomic E-state index is -0.370. The fourth-order valence-electron chi connectivity index (χ4n) is 5.29. The highest BCUT2D eigenvalue weighted by molar-refractivity contribution is 7.99. The van der Waals surface area contributed by atoms with E-state index in [-0.39, 0.29) is 17.7 Å². The van der Waals surface area contributed by atoms with Crippen molar-refractivity contribution in [3.63, 3.8) is 0 Å². The van der Waals surface area contributed by atoms with Gasteiger partial charge in [0, 0.05) is 75.0 Å². The maximum Gasteiger partial charge on any atom is 0.408 e. The van der Waals surface area contributed by atoms with Gasteiger partial charge in [-0.2, -0.15) is 0 Å². The topological polar surface area (TPSA) is 74.7 Å². The number of alkyl carbamates (subject to hydrolysis) is 1. The molecule has 6 rings (SSSR count). The van der Waals surface area contributed by atoms with E-state index in [2.05, 4.69) is 72.6 Å². The number of nitrogens with zero attached hydrogens (tertiary/aromatic N) is 4. The number of carbonyl (C=O) groups is 1. The quantitative estimate of drug-likeness (QED) is 0.569. The second-order valence-electron chi connectivity index (χ2n) is 9.19. The molecule has 1 amide bonds. The standard InChI is InChI=1S/C26H30N6O2S/c33-26(34-24-18-35-25(29-24)19-6-3-9-27-15-19)28-10-12-30-13-14-32-21-7-2-1-5-20(21)16-31-11-4-8-22(31)23(32)17-30/h1-9,11,15,23-25,29H,10,12-14,16-18H2,(H,28,33). The van der Waals surface area contributed by atoms with Gasteiger partial charge in [0.25, 0.3) is 0 Å². The molecule has 0 saturated carbocycles. The SMILES string of the molecule is O=C(NCCN1CCN2c3ccccc3Cn3cccc3C2C1)OC1CSC(c2cccnc2)N1. The molecule has 3 aliphatic rings. The van der Waals surface area contributed by atoms with Crippen molar-refractivity contribution in [3.8, 4) is 0 Å². The normalized spacial score (nSPS) is 23.7. The lowest BCUT2D eigenvalue weighted by Gasteiger charge is -2.42. The third-order valence-corrected chi connectivity index (χ3v) is 8.23. The molecule has 1 aromatic carbocycles. The van der Waals surface area contributed by atoms with Crippen LogP contribution < -0.4 is 15.5 Å². The Kier molecular flexibility index (Phi) is 6.37. The van der Waals surface area contributed by atoms with Crippen LogP contribution >= 0.6 is 11.8 Å². The van der Waals surface area contributed by atoms with E-state index >= 15 is 0 Å². The van der Waals surface area contributed by atoms with E-state index in [1.165, 1.54) is 16.9 Å². The molecule has 3 aliphatic heterocycles. The fourth-order valence-corrected chi connectivity index (χ4v) is 6.40. The molecule has 3 atom stereocenters. The number of anilines is 1. The summed E-state index contributed by atoms with van der Waals surface area (Å²) in [5.41, 5.74) is 5.16. The van der Waals surface area contributed by atoms with Crippen LogP contribution in [-0.2, 0) is 11.3 Å². The van der Waals surface area contributed by atoms with Crippen molar-refractivity contribution in [2.75, 3.05) is 43.4 Å². The van der Waals surface area contributed by atoms with Crippen LogP contribution in [0, 0.1) is 0 Å². The van der Waals surface area contributed by atoms with Gasteiger partial charge in [-0.15, -0.1) is 11.8 Å². The molecule has 35 heavy (non-hydrogen) atoms. The van der Waals surface area contributed by atoms with Gasteiger partial charge in [-0.05, 0) is 35.4 Å². The van der Waals surface area contributed by atoms with E-state index in [4.69, 9.17) is 4.74 Å². The van der Waals surface area contributed by atoms with Crippen LogP contribution in [-0.4, -0.2) is 65.2 Å². The zero-order valence-electron chi connectivity index (χ0n) is 19.5. The van der Waals surface area contributed by atoms with Crippen LogP contribution in [0.1, 0.15) is 28.2 Å². The molecule has 9 heteroatoms. The van der Waals surface area contributed by atoms with Crippen molar-refractivity contribution < 1.29 is 9.53 Å². The molecule has 0 spiro atoms. The highest BCUT2D eigenvalue weighted by Crippen LogP contribution is 2.37. The second-order valence-corrected chi connectivity index (χ2v) is 10.3. The number of carbonyl (C=O) groups excluding carboxylic acids is 1. The van der Waals surface area contributed by atoms with Gasteiger partial charge in [0.2, 0.25) is 0 Å². The molecule has 3 unspecified atom stereocenters. The van der Waals surface area contributed by atoms with Crippen LogP contribution in [0.25, 0.3) is 0 Å². The van der Waals surface area contributed by atoms with Crippen LogP contribution in [0.2, 0.25) is 0 Å². The molecule has 2 N–H and O–H groups in total. The number of amides is 1. The molecular weight excluding hydrogens is 460 g/mol. The summed E-state index contributed by atoms with van der Waals surface area (Å²) >= 11 is 1.72. The highest BCUT2D eigenvalue weighted by atomic mass is 32.2. The molecule has 2 fully saturated rings. The summed E-state index contributed by atoms with van der Waals surface area (Å²) in [6, 6.07) is 17.4.